The molecule has 40 heavy (non-hydrogen) atoms. The highest BCUT2D eigenvalue weighted by Gasteiger charge is 2.36. The third-order valence-electron chi connectivity index (χ3n) is 8.53. The van der Waals surface area contributed by atoms with E-state index in [-0.39, 0.29) is 45.9 Å². The van der Waals surface area contributed by atoms with E-state index in [2.05, 4.69) is 21.2 Å². The van der Waals surface area contributed by atoms with Crippen molar-refractivity contribution in [3.05, 3.63) is 57.6 Å². The zero-order valence-corrected chi connectivity index (χ0v) is 24.2. The summed E-state index contributed by atoms with van der Waals surface area (Å²) in [4.78, 5) is 24.7. The van der Waals surface area contributed by atoms with E-state index in [1.165, 1.54) is 13.0 Å². The number of ether oxygens (including phenoxy) is 1. The molecule has 2 aromatic carbocycles. The number of aliphatic hydroxyl groups excluding tert-OH is 1. The molecule has 10 heteroatoms. The Balaban J connectivity index is 1.30. The van der Waals surface area contributed by atoms with E-state index in [9.17, 15) is 27.9 Å². The molecule has 1 aliphatic carbocycles. The Morgan fingerprint density at radius 2 is 1.85 bits per heavy atom. The highest BCUT2D eigenvalue weighted by Crippen LogP contribution is 2.41. The van der Waals surface area contributed by atoms with Crippen LogP contribution in [0.4, 0.5) is 24.5 Å². The summed E-state index contributed by atoms with van der Waals surface area (Å²) in [6.07, 6.45) is -1.58. The Kier molecular flexibility index (Phi) is 9.62. The Hall–Kier alpha value is -2.43. The summed E-state index contributed by atoms with van der Waals surface area (Å²) in [5, 5.41) is 13.8. The fraction of sp³-hybridized carbons (Fsp3) is 0.533. The third-order valence-corrected chi connectivity index (χ3v) is 9.19. The second-order valence-corrected chi connectivity index (χ2v) is 12.1. The number of nitrogen functional groups attached to an aromatic ring is 1. The molecule has 218 valence electrons. The first-order chi connectivity index (χ1) is 18.8. The molecule has 1 heterocycles. The van der Waals surface area contributed by atoms with Crippen LogP contribution in [0.15, 0.2) is 40.9 Å². The zero-order chi connectivity index (χ0) is 29.2. The van der Waals surface area contributed by atoms with Crippen molar-refractivity contribution in [3.8, 4) is 0 Å². The van der Waals surface area contributed by atoms with Gasteiger partial charge in [-0.1, -0.05) is 38.0 Å². The molecule has 4 atom stereocenters. The smallest absolute Gasteiger partial charge is 0.397 e. The number of carbonyl (C=O) groups is 2. The van der Waals surface area contributed by atoms with Crippen LogP contribution in [0.1, 0.15) is 75.0 Å². The van der Waals surface area contributed by atoms with Crippen molar-refractivity contribution in [1.82, 2.24) is 0 Å². The molecule has 0 spiro atoms. The molecule has 6 nitrogen and oxygen atoms in total. The van der Waals surface area contributed by atoms with Gasteiger partial charge in [-0.2, -0.15) is 13.2 Å². The average molecular weight is 626 g/mol. The fourth-order valence-electron chi connectivity index (χ4n) is 6.02. The minimum atomic E-state index is -4.64. The van der Waals surface area contributed by atoms with Crippen molar-refractivity contribution < 1.29 is 32.6 Å². The predicted octanol–water partition coefficient (Wildman–Crippen LogP) is 6.84. The molecule has 0 radical (unpaired) electrons. The van der Waals surface area contributed by atoms with Crippen LogP contribution >= 0.6 is 15.9 Å². The molecule has 4 rings (SSSR count). The number of Topliss-reactive ketones (excluding diaryl/α,β-unsaturated/α-hetero) is 1. The van der Waals surface area contributed by atoms with E-state index in [1.54, 1.807) is 0 Å². The number of hydrogen-bond acceptors (Lipinski definition) is 5. The van der Waals surface area contributed by atoms with Crippen molar-refractivity contribution in [2.75, 3.05) is 11.1 Å². The summed E-state index contributed by atoms with van der Waals surface area (Å²) < 4.78 is 46.0. The van der Waals surface area contributed by atoms with Crippen LogP contribution in [0.2, 0.25) is 0 Å². The van der Waals surface area contributed by atoms with E-state index in [0.717, 1.165) is 55.8 Å². The van der Waals surface area contributed by atoms with Gasteiger partial charge in [0, 0.05) is 22.5 Å². The van der Waals surface area contributed by atoms with Gasteiger partial charge < -0.3 is 20.9 Å². The lowest BCUT2D eigenvalue weighted by atomic mass is 9.74. The van der Waals surface area contributed by atoms with Gasteiger partial charge in [-0.05, 0) is 89.7 Å². The number of aliphatic hydroxyl groups is 1. The third kappa shape index (κ3) is 7.06. The summed E-state index contributed by atoms with van der Waals surface area (Å²) in [6.45, 7) is 3.18. The molecule has 1 aliphatic heterocycles. The SMILES string of the molecule is CC(=O)[C@@H](Cc1cc(Br)c(N)c(C(F)(F)F)c1)OC(O)[C@@H](C)C1CCC(CCC2C(=O)Nc3ccccc32)CC1. The highest BCUT2D eigenvalue weighted by atomic mass is 79.9. The van der Waals surface area contributed by atoms with Crippen molar-refractivity contribution in [1.29, 1.82) is 0 Å². The summed E-state index contributed by atoms with van der Waals surface area (Å²) in [5.41, 5.74) is 6.39. The number of para-hydroxylation sites is 1. The number of nitrogens with two attached hydrogens (primary N) is 1. The van der Waals surface area contributed by atoms with Crippen LogP contribution in [0.3, 0.4) is 0 Å². The number of anilines is 2. The maximum atomic E-state index is 13.4. The number of nitrogens with one attached hydrogen (secondary N) is 1. The second-order valence-electron chi connectivity index (χ2n) is 11.2. The average Bonchev–Trinajstić information content (AvgIpc) is 3.22. The first-order valence-corrected chi connectivity index (χ1v) is 14.5. The van der Waals surface area contributed by atoms with Gasteiger partial charge in [0.2, 0.25) is 5.91 Å². The van der Waals surface area contributed by atoms with Gasteiger partial charge in [-0.3, -0.25) is 9.59 Å². The topological polar surface area (TPSA) is 102 Å². The molecule has 4 N–H and O–H groups in total. The quantitative estimate of drug-likeness (QED) is 0.198. The van der Waals surface area contributed by atoms with Crippen LogP contribution < -0.4 is 11.1 Å². The molecule has 1 amide bonds. The lowest BCUT2D eigenvalue weighted by Gasteiger charge is -2.35. The molecule has 0 saturated heterocycles. The number of fused-ring (bicyclic) bond motifs is 1. The Labute approximate surface area is 241 Å². The summed E-state index contributed by atoms with van der Waals surface area (Å²) >= 11 is 3.07. The number of carbonyl (C=O) groups excluding carboxylic acids is 2. The highest BCUT2D eigenvalue weighted by molar-refractivity contribution is 9.10. The van der Waals surface area contributed by atoms with Gasteiger partial charge in [0.25, 0.3) is 0 Å². The Bertz CT molecular complexity index is 1230. The van der Waals surface area contributed by atoms with E-state index in [4.69, 9.17) is 10.5 Å². The Morgan fingerprint density at radius 1 is 1.18 bits per heavy atom. The number of rotatable bonds is 10. The van der Waals surface area contributed by atoms with Crippen molar-refractivity contribution in [2.45, 2.75) is 83.3 Å². The standard InChI is InChI=1S/C30H36BrF3N2O4/c1-16(20-10-7-18(8-11-20)9-12-22-21-5-3-4-6-25(21)36-28(22)38)29(39)40-26(17(2)37)15-19-13-23(30(32,33)34)27(35)24(31)14-19/h3-6,13-14,16,18,20,22,26,29,39H,7-12,15,35H2,1-2H3,(H,36,38)/t16-,18?,20?,22?,26+,29?/m0/s1. The molecule has 1 fully saturated rings. The summed E-state index contributed by atoms with van der Waals surface area (Å²) in [5.74, 6) is 0.00842. The molecular weight excluding hydrogens is 589 g/mol. The molecular formula is C30H36BrF3N2O4. The number of ketones is 1. The normalized spacial score (nSPS) is 23.3. The van der Waals surface area contributed by atoms with Crippen LogP contribution in [-0.2, 0) is 26.9 Å². The van der Waals surface area contributed by atoms with E-state index in [0.29, 0.717) is 5.92 Å². The molecule has 2 aliphatic rings. The number of hydrogen-bond donors (Lipinski definition) is 3. The summed E-state index contributed by atoms with van der Waals surface area (Å²) in [6, 6.07) is 10.2. The summed E-state index contributed by atoms with van der Waals surface area (Å²) in [7, 11) is 0. The first-order valence-electron chi connectivity index (χ1n) is 13.7. The maximum Gasteiger partial charge on any atom is 0.418 e. The van der Waals surface area contributed by atoms with E-state index in [1.807, 2.05) is 31.2 Å². The van der Waals surface area contributed by atoms with E-state index >= 15 is 0 Å². The zero-order valence-electron chi connectivity index (χ0n) is 22.6. The first kappa shape index (κ1) is 30.5. The fourth-order valence-corrected chi connectivity index (χ4v) is 6.53. The minimum Gasteiger partial charge on any atom is -0.397 e. The largest absolute Gasteiger partial charge is 0.418 e. The second kappa shape index (κ2) is 12.6. The maximum absolute atomic E-state index is 13.4. The van der Waals surface area contributed by atoms with Gasteiger partial charge in [0.05, 0.1) is 17.2 Å². The lowest BCUT2D eigenvalue weighted by molar-refractivity contribution is -0.180. The molecule has 2 unspecified atom stereocenters. The van der Waals surface area contributed by atoms with Gasteiger partial charge >= 0.3 is 6.18 Å². The van der Waals surface area contributed by atoms with Crippen LogP contribution in [0.5, 0.6) is 0 Å². The molecule has 2 aromatic rings. The van der Waals surface area contributed by atoms with Crippen molar-refractivity contribution in [2.24, 2.45) is 17.8 Å². The monoisotopic (exact) mass is 624 g/mol. The van der Waals surface area contributed by atoms with Crippen molar-refractivity contribution >= 4 is 39.0 Å². The predicted molar refractivity (Wildman–Crippen MR) is 150 cm³/mol. The Morgan fingerprint density at radius 3 is 2.50 bits per heavy atom. The lowest BCUT2D eigenvalue weighted by Crippen LogP contribution is -2.37. The van der Waals surface area contributed by atoms with Crippen LogP contribution in [-0.4, -0.2) is 29.2 Å². The molecule has 1 saturated carbocycles. The number of alkyl halides is 3. The number of amides is 1. The van der Waals surface area contributed by atoms with E-state index < -0.39 is 29.8 Å². The van der Waals surface area contributed by atoms with Crippen LogP contribution in [0.25, 0.3) is 0 Å². The van der Waals surface area contributed by atoms with Gasteiger partial charge in [0.1, 0.15) is 6.10 Å². The minimum absolute atomic E-state index is 0.0600. The van der Waals surface area contributed by atoms with Gasteiger partial charge in [0.15, 0.2) is 12.1 Å². The number of benzene rings is 2. The molecule has 0 bridgehead atoms. The van der Waals surface area contributed by atoms with Crippen LogP contribution in [0, 0.1) is 17.8 Å². The molecule has 0 aromatic heterocycles. The number of halogens is 4. The van der Waals surface area contributed by atoms with Gasteiger partial charge in [-0.25, -0.2) is 0 Å². The van der Waals surface area contributed by atoms with Gasteiger partial charge in [-0.15, -0.1) is 0 Å². The van der Waals surface area contributed by atoms with Crippen molar-refractivity contribution in [3.63, 3.8) is 0 Å².